The Labute approximate surface area is 161 Å². The van der Waals surface area contributed by atoms with Crippen molar-refractivity contribution >= 4 is 42.6 Å². The molecule has 0 unspecified atom stereocenters. The third-order valence-electron chi connectivity index (χ3n) is 3.01. The lowest BCUT2D eigenvalue weighted by atomic mass is 10.1. The normalized spacial score (nSPS) is 12.9. The van der Waals surface area contributed by atoms with Gasteiger partial charge < -0.3 is 10.1 Å². The molecule has 1 aromatic rings. The molecule has 0 aromatic heterocycles. The first kappa shape index (κ1) is 22.1. The van der Waals surface area contributed by atoms with Gasteiger partial charge in [0.2, 0.25) is 0 Å². The molecule has 0 aliphatic rings. The van der Waals surface area contributed by atoms with Crippen LogP contribution in [0.1, 0.15) is 31.9 Å². The Hall–Kier alpha value is -0.983. The van der Waals surface area contributed by atoms with Crippen LogP contribution in [-0.4, -0.2) is 37.2 Å². The molecule has 1 aromatic carbocycles. The zero-order chi connectivity index (χ0) is 19.3. The Balaban J connectivity index is 2.81. The van der Waals surface area contributed by atoms with Crippen molar-refractivity contribution in [1.82, 2.24) is 5.32 Å². The van der Waals surface area contributed by atoms with Gasteiger partial charge in [0.15, 0.2) is 0 Å². The van der Waals surface area contributed by atoms with Crippen LogP contribution in [0.5, 0.6) is 0 Å². The highest BCUT2D eigenvalue weighted by atomic mass is 35.5. The summed E-state index contributed by atoms with van der Waals surface area (Å²) in [4.78, 5) is 16.5. The topological polar surface area (TPSA) is 50.7 Å². The van der Waals surface area contributed by atoms with E-state index in [0.29, 0.717) is 11.6 Å². The maximum absolute atomic E-state index is 11.7. The van der Waals surface area contributed by atoms with Crippen LogP contribution in [0.15, 0.2) is 23.2 Å². The van der Waals surface area contributed by atoms with Crippen LogP contribution in [0, 0.1) is 0 Å². The maximum Gasteiger partial charge on any atom is 0.407 e. The Morgan fingerprint density at radius 3 is 2.44 bits per heavy atom. The van der Waals surface area contributed by atoms with Gasteiger partial charge in [-0.05, 0) is 38.7 Å². The number of halogens is 1. The fraction of sp³-hybridized carbons (Fsp3) is 0.556. The van der Waals surface area contributed by atoms with Gasteiger partial charge in [0, 0.05) is 23.3 Å². The number of ether oxygens (including phenoxy) is 1. The summed E-state index contributed by atoms with van der Waals surface area (Å²) in [6.45, 7) is 12.7. The summed E-state index contributed by atoms with van der Waals surface area (Å²) in [6, 6.07) is 5.83. The van der Waals surface area contributed by atoms with Gasteiger partial charge in [-0.2, -0.15) is 0 Å². The Bertz CT molecular complexity index is 637. The third kappa shape index (κ3) is 8.79. The van der Waals surface area contributed by atoms with Gasteiger partial charge >= 0.3 is 6.09 Å². The highest BCUT2D eigenvalue weighted by molar-refractivity contribution is 8.13. The average molecular weight is 401 g/mol. The quantitative estimate of drug-likeness (QED) is 0.411. The van der Waals surface area contributed by atoms with Crippen LogP contribution in [0.4, 0.5) is 4.79 Å². The number of nitrogens with one attached hydrogen (secondary N) is 1. The molecule has 140 valence electrons. The van der Waals surface area contributed by atoms with Crippen LogP contribution >= 0.6 is 23.4 Å². The molecule has 0 radical (unpaired) electrons. The van der Waals surface area contributed by atoms with Gasteiger partial charge in [-0.25, -0.2) is 4.79 Å². The molecule has 0 saturated heterocycles. The van der Waals surface area contributed by atoms with Crippen molar-refractivity contribution in [2.45, 2.75) is 52.6 Å². The first-order chi connectivity index (χ1) is 11.4. The molecule has 0 aliphatic heterocycles. The van der Waals surface area contributed by atoms with Crippen molar-refractivity contribution < 1.29 is 9.53 Å². The number of nitrogens with zero attached hydrogens (tertiary/aromatic N) is 1. The number of hydrogen-bond donors (Lipinski definition) is 1. The summed E-state index contributed by atoms with van der Waals surface area (Å²) in [7, 11) is -1.23. The van der Waals surface area contributed by atoms with Gasteiger partial charge in [-0.15, -0.1) is 11.8 Å². The molecule has 0 atom stereocenters. The molecule has 7 heteroatoms. The maximum atomic E-state index is 11.7. The van der Waals surface area contributed by atoms with Gasteiger partial charge in [0.25, 0.3) is 0 Å². The molecule has 0 heterocycles. The van der Waals surface area contributed by atoms with Crippen molar-refractivity contribution in [3.63, 3.8) is 0 Å². The Kier molecular flexibility index (Phi) is 8.03. The average Bonchev–Trinajstić information content (AvgIpc) is 2.44. The van der Waals surface area contributed by atoms with E-state index >= 15 is 0 Å². The fourth-order valence-corrected chi connectivity index (χ4v) is 3.44. The number of amides is 1. The van der Waals surface area contributed by atoms with Crippen LogP contribution < -0.4 is 5.32 Å². The van der Waals surface area contributed by atoms with E-state index in [4.69, 9.17) is 21.3 Å². The van der Waals surface area contributed by atoms with E-state index in [1.165, 1.54) is 0 Å². The van der Waals surface area contributed by atoms with E-state index in [9.17, 15) is 4.79 Å². The van der Waals surface area contributed by atoms with Crippen LogP contribution in [0.3, 0.4) is 0 Å². The van der Waals surface area contributed by atoms with Crippen LogP contribution in [-0.2, 0) is 11.3 Å². The summed E-state index contributed by atoms with van der Waals surface area (Å²) in [5.74, 6) is 0. The molecule has 1 amide bonds. The van der Waals surface area contributed by atoms with Crippen molar-refractivity contribution in [2.75, 3.05) is 12.4 Å². The number of benzene rings is 1. The lowest BCUT2D eigenvalue weighted by Crippen LogP contribution is -2.32. The number of carbonyl (C=O) groups is 1. The van der Waals surface area contributed by atoms with Gasteiger partial charge in [-0.3, -0.25) is 4.99 Å². The number of alkyl carbamates (subject to hydrolysis) is 1. The van der Waals surface area contributed by atoms with E-state index in [-0.39, 0.29) is 0 Å². The zero-order valence-corrected chi connectivity index (χ0v) is 18.8. The minimum atomic E-state index is -1.23. The fourth-order valence-electron chi connectivity index (χ4n) is 1.89. The number of thioether (sulfide) groups is 1. The summed E-state index contributed by atoms with van der Waals surface area (Å²) in [6.07, 6.45) is 2.46. The Morgan fingerprint density at radius 2 is 1.96 bits per heavy atom. The number of carbonyl (C=O) groups excluding carboxylic acids is 1. The van der Waals surface area contributed by atoms with Crippen molar-refractivity contribution in [3.05, 3.63) is 34.3 Å². The predicted molar refractivity (Wildman–Crippen MR) is 113 cm³/mol. The lowest BCUT2D eigenvalue weighted by Gasteiger charge is -2.20. The largest absolute Gasteiger partial charge is 0.444 e. The number of aliphatic imine (C=N–C) groups is 1. The first-order valence-corrected chi connectivity index (χ1v) is 13.6. The minimum Gasteiger partial charge on any atom is -0.444 e. The first-order valence-electron chi connectivity index (χ1n) is 8.25. The number of rotatable bonds is 5. The predicted octanol–water partition coefficient (Wildman–Crippen LogP) is 5.35. The SMILES string of the molecule is CSC(=NC[Si](C)(C)C)c1ccc(CNC(=O)OC(C)(C)C)c(Cl)c1. The van der Waals surface area contributed by atoms with Crippen molar-refractivity contribution in [1.29, 1.82) is 0 Å². The second kappa shape index (κ2) is 9.10. The molecule has 1 N–H and O–H groups in total. The second-order valence-electron chi connectivity index (χ2n) is 8.05. The minimum absolute atomic E-state index is 0.328. The summed E-state index contributed by atoms with van der Waals surface area (Å²) >= 11 is 8.02. The summed E-state index contributed by atoms with van der Waals surface area (Å²) in [5, 5.41) is 4.34. The Morgan fingerprint density at radius 1 is 1.32 bits per heavy atom. The van der Waals surface area contributed by atoms with Gasteiger partial charge in [0.05, 0.1) is 13.1 Å². The molecule has 4 nitrogen and oxygen atoms in total. The van der Waals surface area contributed by atoms with E-state index in [1.807, 2.05) is 45.2 Å². The molecule has 0 bridgehead atoms. The smallest absolute Gasteiger partial charge is 0.407 e. The molecule has 0 spiro atoms. The molecule has 25 heavy (non-hydrogen) atoms. The molecular formula is C18H29ClN2O2SSi. The summed E-state index contributed by atoms with van der Waals surface area (Å²) < 4.78 is 5.23. The van der Waals surface area contributed by atoms with Crippen molar-refractivity contribution in [3.8, 4) is 0 Å². The monoisotopic (exact) mass is 400 g/mol. The van der Waals surface area contributed by atoms with Gasteiger partial charge in [-0.1, -0.05) is 43.4 Å². The number of hydrogen-bond acceptors (Lipinski definition) is 4. The molecular weight excluding hydrogens is 372 g/mol. The van der Waals surface area contributed by atoms with E-state index in [1.54, 1.807) is 11.8 Å². The van der Waals surface area contributed by atoms with Crippen LogP contribution in [0.25, 0.3) is 0 Å². The highest BCUT2D eigenvalue weighted by Gasteiger charge is 2.16. The van der Waals surface area contributed by atoms with E-state index < -0.39 is 19.8 Å². The molecule has 1 rings (SSSR count). The standard InChI is InChI=1S/C18H29ClN2O2SSi/c1-18(2,3)23-17(22)20-11-14-9-8-13(10-15(14)19)16(24-4)21-12-25(5,6)7/h8-10H,11-12H2,1-7H3,(H,20,22). The van der Waals surface area contributed by atoms with Crippen molar-refractivity contribution in [2.24, 2.45) is 4.99 Å². The van der Waals surface area contributed by atoms with Gasteiger partial charge in [0.1, 0.15) is 5.60 Å². The molecule has 0 aliphatic carbocycles. The second-order valence-corrected chi connectivity index (χ2v) is 14.7. The summed E-state index contributed by atoms with van der Waals surface area (Å²) in [5.41, 5.74) is 1.34. The molecule has 0 fully saturated rings. The zero-order valence-electron chi connectivity index (χ0n) is 16.2. The molecule has 0 saturated carbocycles. The van der Waals surface area contributed by atoms with E-state index in [0.717, 1.165) is 22.3 Å². The highest BCUT2D eigenvalue weighted by Crippen LogP contribution is 2.21. The lowest BCUT2D eigenvalue weighted by molar-refractivity contribution is 0.0523. The van der Waals surface area contributed by atoms with Crippen LogP contribution in [0.2, 0.25) is 24.7 Å². The third-order valence-corrected chi connectivity index (χ3v) is 5.22. The van der Waals surface area contributed by atoms with E-state index in [2.05, 4.69) is 25.0 Å².